The summed E-state index contributed by atoms with van der Waals surface area (Å²) in [4.78, 5) is 14.3. The lowest BCUT2D eigenvalue weighted by Gasteiger charge is -2.06. The normalized spacial score (nSPS) is 10.8. The molecule has 0 aliphatic carbocycles. The van der Waals surface area contributed by atoms with Crippen molar-refractivity contribution < 1.29 is 4.79 Å². The summed E-state index contributed by atoms with van der Waals surface area (Å²) in [5.41, 5.74) is 4.57. The molecule has 4 nitrogen and oxygen atoms in total. The van der Waals surface area contributed by atoms with Gasteiger partial charge in [-0.15, -0.1) is 0 Å². The largest absolute Gasteiger partial charge is 0.361 e. The summed E-state index contributed by atoms with van der Waals surface area (Å²) in [6, 6.07) is 16.3. The first kappa shape index (κ1) is 15.3. The number of H-pyrrole nitrogens is 1. The van der Waals surface area contributed by atoms with Crippen LogP contribution in [0.5, 0.6) is 0 Å². The van der Waals surface area contributed by atoms with Crippen molar-refractivity contribution in [3.05, 3.63) is 65.9 Å². The highest BCUT2D eigenvalue weighted by Crippen LogP contribution is 2.17. The highest BCUT2D eigenvalue weighted by atomic mass is 16.1. The molecule has 0 unspecified atom stereocenters. The first-order valence-electron chi connectivity index (χ1n) is 7.84. The molecule has 3 rings (SSSR count). The number of benzene rings is 2. The predicted molar refractivity (Wildman–Crippen MR) is 94.5 cm³/mol. The molecule has 3 N–H and O–H groups in total. The standard InChI is InChI=1S/C19H21N3O/c1-14(23)22-17-8-6-15(7-9-17)12-20-11-10-16-13-21-19-5-3-2-4-18(16)19/h2-9,13,20-21H,10-12H2,1H3,(H,22,23). The maximum absolute atomic E-state index is 11.0. The maximum atomic E-state index is 11.0. The summed E-state index contributed by atoms with van der Waals surface area (Å²) in [6.45, 7) is 3.26. The fraction of sp³-hybridized carbons (Fsp3) is 0.211. The average Bonchev–Trinajstić information content (AvgIpc) is 2.96. The van der Waals surface area contributed by atoms with Crippen molar-refractivity contribution in [1.82, 2.24) is 10.3 Å². The van der Waals surface area contributed by atoms with Gasteiger partial charge in [0.15, 0.2) is 0 Å². The molecular weight excluding hydrogens is 286 g/mol. The Kier molecular flexibility index (Phi) is 4.74. The van der Waals surface area contributed by atoms with Gasteiger partial charge in [-0.25, -0.2) is 0 Å². The van der Waals surface area contributed by atoms with Gasteiger partial charge in [0.05, 0.1) is 0 Å². The van der Waals surface area contributed by atoms with Crippen molar-refractivity contribution >= 4 is 22.5 Å². The predicted octanol–water partition coefficient (Wildman–Crippen LogP) is 3.46. The van der Waals surface area contributed by atoms with Gasteiger partial charge in [-0.3, -0.25) is 4.79 Å². The van der Waals surface area contributed by atoms with Crippen molar-refractivity contribution in [1.29, 1.82) is 0 Å². The lowest BCUT2D eigenvalue weighted by Crippen LogP contribution is -2.16. The zero-order valence-corrected chi connectivity index (χ0v) is 13.2. The number of rotatable bonds is 6. The van der Waals surface area contributed by atoms with Crippen molar-refractivity contribution in [3.63, 3.8) is 0 Å². The highest BCUT2D eigenvalue weighted by Gasteiger charge is 2.02. The lowest BCUT2D eigenvalue weighted by molar-refractivity contribution is -0.114. The third-order valence-corrected chi connectivity index (χ3v) is 3.85. The summed E-state index contributed by atoms with van der Waals surface area (Å²) in [5, 5.41) is 7.54. The third kappa shape index (κ3) is 3.99. The number of anilines is 1. The van der Waals surface area contributed by atoms with Crippen LogP contribution in [0.3, 0.4) is 0 Å². The number of nitrogens with one attached hydrogen (secondary N) is 3. The van der Waals surface area contributed by atoms with Crippen LogP contribution in [-0.4, -0.2) is 17.4 Å². The minimum atomic E-state index is -0.0467. The highest BCUT2D eigenvalue weighted by molar-refractivity contribution is 5.88. The third-order valence-electron chi connectivity index (χ3n) is 3.85. The number of fused-ring (bicyclic) bond motifs is 1. The average molecular weight is 307 g/mol. The number of hydrogen-bond donors (Lipinski definition) is 3. The van der Waals surface area contributed by atoms with Gasteiger partial charge in [0.2, 0.25) is 5.91 Å². The van der Waals surface area contributed by atoms with Crippen molar-refractivity contribution in [2.24, 2.45) is 0 Å². The molecule has 0 saturated heterocycles. The second-order valence-electron chi connectivity index (χ2n) is 5.66. The molecule has 2 aromatic carbocycles. The van der Waals surface area contributed by atoms with Crippen LogP contribution in [0.2, 0.25) is 0 Å². The van der Waals surface area contributed by atoms with Crippen molar-refractivity contribution in [2.45, 2.75) is 19.9 Å². The van der Waals surface area contributed by atoms with E-state index in [0.29, 0.717) is 0 Å². The summed E-state index contributed by atoms with van der Waals surface area (Å²) < 4.78 is 0. The Morgan fingerprint density at radius 1 is 1.09 bits per heavy atom. The molecule has 118 valence electrons. The number of para-hydroxylation sites is 1. The first-order chi connectivity index (χ1) is 11.2. The molecule has 0 spiro atoms. The van der Waals surface area contributed by atoms with Crippen molar-refractivity contribution in [3.8, 4) is 0 Å². The van der Waals surface area contributed by atoms with Gasteiger partial charge in [0, 0.05) is 36.3 Å². The molecule has 0 atom stereocenters. The summed E-state index contributed by atoms with van der Waals surface area (Å²) in [5.74, 6) is -0.0467. The fourth-order valence-corrected chi connectivity index (χ4v) is 2.70. The van der Waals surface area contributed by atoms with Crippen LogP contribution >= 0.6 is 0 Å². The summed E-state index contributed by atoms with van der Waals surface area (Å²) >= 11 is 0. The maximum Gasteiger partial charge on any atom is 0.221 e. The Hall–Kier alpha value is -2.59. The molecule has 0 aliphatic rings. The number of carbonyl (C=O) groups excluding carboxylic acids is 1. The Morgan fingerprint density at radius 3 is 2.65 bits per heavy atom. The molecule has 1 aromatic heterocycles. The molecule has 0 fully saturated rings. The molecule has 1 amide bonds. The van der Waals surface area contributed by atoms with Gasteiger partial charge >= 0.3 is 0 Å². The molecule has 23 heavy (non-hydrogen) atoms. The molecule has 0 saturated carbocycles. The zero-order chi connectivity index (χ0) is 16.1. The smallest absolute Gasteiger partial charge is 0.221 e. The van der Waals surface area contributed by atoms with Crippen LogP contribution in [-0.2, 0) is 17.8 Å². The Labute approximate surface area is 135 Å². The molecule has 1 heterocycles. The van der Waals surface area contributed by atoms with Crippen LogP contribution in [0.1, 0.15) is 18.1 Å². The minimum absolute atomic E-state index is 0.0467. The van der Waals surface area contributed by atoms with Crippen LogP contribution in [0.25, 0.3) is 10.9 Å². The minimum Gasteiger partial charge on any atom is -0.361 e. The second kappa shape index (κ2) is 7.11. The number of aromatic amines is 1. The van der Waals surface area contributed by atoms with E-state index in [4.69, 9.17) is 0 Å². The van der Waals surface area contributed by atoms with E-state index in [-0.39, 0.29) is 5.91 Å². The Bertz CT molecular complexity index is 790. The van der Waals surface area contributed by atoms with Gasteiger partial charge in [-0.1, -0.05) is 30.3 Å². The quantitative estimate of drug-likeness (QED) is 0.611. The van der Waals surface area contributed by atoms with Gasteiger partial charge in [0.1, 0.15) is 0 Å². The van der Waals surface area contributed by atoms with Crippen LogP contribution in [0.4, 0.5) is 5.69 Å². The number of hydrogen-bond acceptors (Lipinski definition) is 2. The fourth-order valence-electron chi connectivity index (χ4n) is 2.70. The molecule has 3 aromatic rings. The van der Waals surface area contributed by atoms with E-state index in [1.54, 1.807) is 0 Å². The lowest BCUT2D eigenvalue weighted by atomic mass is 10.1. The van der Waals surface area contributed by atoms with E-state index in [9.17, 15) is 4.79 Å². The second-order valence-corrected chi connectivity index (χ2v) is 5.66. The van der Waals surface area contributed by atoms with E-state index in [1.807, 2.05) is 30.3 Å². The molecule has 4 heteroatoms. The van der Waals surface area contributed by atoms with Gasteiger partial charge in [-0.05, 0) is 42.3 Å². The van der Waals surface area contributed by atoms with E-state index in [0.717, 1.165) is 25.2 Å². The van der Waals surface area contributed by atoms with E-state index in [1.165, 1.54) is 29.0 Å². The number of carbonyl (C=O) groups is 1. The number of amides is 1. The van der Waals surface area contributed by atoms with Gasteiger partial charge in [-0.2, -0.15) is 0 Å². The first-order valence-corrected chi connectivity index (χ1v) is 7.84. The molecular formula is C19H21N3O. The zero-order valence-electron chi connectivity index (χ0n) is 13.2. The number of aromatic nitrogens is 1. The Morgan fingerprint density at radius 2 is 1.87 bits per heavy atom. The molecule has 0 radical (unpaired) electrons. The van der Waals surface area contributed by atoms with Gasteiger partial charge < -0.3 is 15.6 Å². The summed E-state index contributed by atoms with van der Waals surface area (Å²) in [6.07, 6.45) is 3.09. The van der Waals surface area contributed by atoms with E-state index >= 15 is 0 Å². The molecule has 0 bridgehead atoms. The van der Waals surface area contributed by atoms with Crippen LogP contribution in [0, 0.1) is 0 Å². The summed E-state index contributed by atoms with van der Waals surface area (Å²) in [7, 11) is 0. The van der Waals surface area contributed by atoms with Crippen molar-refractivity contribution in [2.75, 3.05) is 11.9 Å². The molecule has 0 aliphatic heterocycles. The van der Waals surface area contributed by atoms with Gasteiger partial charge in [0.25, 0.3) is 0 Å². The topological polar surface area (TPSA) is 56.9 Å². The van der Waals surface area contributed by atoms with Crippen LogP contribution < -0.4 is 10.6 Å². The van der Waals surface area contributed by atoms with E-state index in [2.05, 4.69) is 40.0 Å². The monoisotopic (exact) mass is 307 g/mol. The van der Waals surface area contributed by atoms with Crippen LogP contribution in [0.15, 0.2) is 54.7 Å². The SMILES string of the molecule is CC(=O)Nc1ccc(CNCCc2c[nH]c3ccccc23)cc1. The van der Waals surface area contributed by atoms with E-state index < -0.39 is 0 Å². The Balaban J connectivity index is 1.49.